The van der Waals surface area contributed by atoms with E-state index in [0.717, 1.165) is 0 Å². The summed E-state index contributed by atoms with van der Waals surface area (Å²) in [6.45, 7) is 0.413. The maximum atomic E-state index is 12.6. The molecule has 1 atom stereocenters. The molecule has 2 aromatic rings. The van der Waals surface area contributed by atoms with Gasteiger partial charge in [0.25, 0.3) is 0 Å². The van der Waals surface area contributed by atoms with E-state index in [9.17, 15) is 13.2 Å². The van der Waals surface area contributed by atoms with Crippen LogP contribution in [0.25, 0.3) is 0 Å². The summed E-state index contributed by atoms with van der Waals surface area (Å²) in [5.41, 5.74) is 0.925. The first kappa shape index (κ1) is 17.9. The van der Waals surface area contributed by atoms with Gasteiger partial charge in [0, 0.05) is 12.2 Å². The molecule has 0 aliphatic carbocycles. The Hall–Kier alpha value is -2.89. The van der Waals surface area contributed by atoms with Crippen molar-refractivity contribution in [2.45, 2.75) is 17.4 Å². The number of anilines is 1. The fraction of sp³-hybridized carbons (Fsp3) is 0.222. The minimum Gasteiger partial charge on any atom is -0.497 e. The summed E-state index contributed by atoms with van der Waals surface area (Å²) < 4.78 is 32.6. The molecule has 1 aliphatic heterocycles. The van der Waals surface area contributed by atoms with E-state index in [0.29, 0.717) is 24.4 Å². The molecule has 1 fully saturated rings. The van der Waals surface area contributed by atoms with Crippen molar-refractivity contribution >= 4 is 21.6 Å². The Bertz CT molecular complexity index is 965. The summed E-state index contributed by atoms with van der Waals surface area (Å²) in [6.07, 6.45) is 0.363. The highest BCUT2D eigenvalue weighted by atomic mass is 32.2. The molecular formula is C18H17N3O4S. The Balaban J connectivity index is 1.76. The number of hydrogen-bond donors (Lipinski definition) is 1. The third-order valence-electron chi connectivity index (χ3n) is 4.16. The zero-order chi connectivity index (χ0) is 18.7. The summed E-state index contributed by atoms with van der Waals surface area (Å²) in [5.74, 6) is 0.366. The Morgan fingerprint density at radius 3 is 2.62 bits per heavy atom. The van der Waals surface area contributed by atoms with E-state index in [1.807, 2.05) is 6.07 Å². The molecule has 0 bridgehead atoms. The first-order valence-corrected chi connectivity index (χ1v) is 9.41. The van der Waals surface area contributed by atoms with E-state index in [1.54, 1.807) is 36.3 Å². The van der Waals surface area contributed by atoms with Crippen molar-refractivity contribution in [3.63, 3.8) is 0 Å². The molecule has 8 heteroatoms. The molecule has 1 aliphatic rings. The maximum absolute atomic E-state index is 12.6. The number of nitriles is 1. The summed E-state index contributed by atoms with van der Waals surface area (Å²) >= 11 is 0. The van der Waals surface area contributed by atoms with E-state index >= 15 is 0 Å². The first-order chi connectivity index (χ1) is 12.4. The van der Waals surface area contributed by atoms with Crippen LogP contribution in [0, 0.1) is 11.3 Å². The second-order valence-electron chi connectivity index (χ2n) is 5.79. The molecular weight excluding hydrogens is 354 g/mol. The third kappa shape index (κ3) is 3.54. The number of carbonyl (C=O) groups excluding carboxylic acids is 1. The van der Waals surface area contributed by atoms with Crippen molar-refractivity contribution in [1.29, 1.82) is 5.26 Å². The van der Waals surface area contributed by atoms with Crippen LogP contribution in [0.4, 0.5) is 5.69 Å². The molecule has 1 heterocycles. The smallest absolute Gasteiger partial charge is 0.245 e. The van der Waals surface area contributed by atoms with Gasteiger partial charge in [-0.2, -0.15) is 9.98 Å². The van der Waals surface area contributed by atoms with Gasteiger partial charge in [-0.3, -0.25) is 4.79 Å². The van der Waals surface area contributed by atoms with E-state index in [-0.39, 0.29) is 16.4 Å². The summed E-state index contributed by atoms with van der Waals surface area (Å²) in [4.78, 5) is 14.1. The highest BCUT2D eigenvalue weighted by molar-refractivity contribution is 7.89. The van der Waals surface area contributed by atoms with E-state index in [1.165, 1.54) is 24.3 Å². The lowest BCUT2D eigenvalue weighted by molar-refractivity contribution is -0.118. The van der Waals surface area contributed by atoms with Gasteiger partial charge in [-0.1, -0.05) is 6.07 Å². The molecule has 0 spiro atoms. The Morgan fingerprint density at radius 2 is 1.96 bits per heavy atom. The van der Waals surface area contributed by atoms with Crippen molar-refractivity contribution < 1.29 is 17.9 Å². The van der Waals surface area contributed by atoms with Gasteiger partial charge in [-0.25, -0.2) is 8.42 Å². The summed E-state index contributed by atoms with van der Waals surface area (Å²) in [6, 6.07) is 13.7. The summed E-state index contributed by atoms with van der Waals surface area (Å²) in [7, 11) is -2.34. The number of nitrogens with zero attached hydrogens (tertiary/aromatic N) is 2. The normalized spacial score (nSPS) is 17.2. The fourth-order valence-corrected chi connectivity index (χ4v) is 4.07. The number of methoxy groups -OCH3 is 1. The molecule has 3 rings (SSSR count). The topological polar surface area (TPSA) is 99.5 Å². The van der Waals surface area contributed by atoms with Crippen LogP contribution in [0.3, 0.4) is 0 Å². The van der Waals surface area contributed by atoms with Crippen molar-refractivity contribution in [2.75, 3.05) is 18.6 Å². The number of ether oxygens (including phenoxy) is 1. The largest absolute Gasteiger partial charge is 0.497 e. The number of nitrogens with one attached hydrogen (secondary N) is 1. The number of amides is 1. The lowest BCUT2D eigenvalue weighted by Gasteiger charge is -2.17. The van der Waals surface area contributed by atoms with Crippen LogP contribution in [0.1, 0.15) is 12.0 Å². The average molecular weight is 371 g/mol. The number of rotatable bonds is 5. The molecule has 1 amide bonds. The monoisotopic (exact) mass is 371 g/mol. The minimum atomic E-state index is -3.89. The van der Waals surface area contributed by atoms with Crippen molar-refractivity contribution in [1.82, 2.24) is 4.72 Å². The van der Waals surface area contributed by atoms with Crippen LogP contribution in [0.5, 0.6) is 5.75 Å². The fourth-order valence-electron chi connectivity index (χ4n) is 2.80. The second-order valence-corrected chi connectivity index (χ2v) is 7.50. The standard InChI is InChI=1S/C18H17N3O4S/c1-25-15-7-5-14(6-8-15)21-10-9-17(18(21)22)20-26(23,24)16-4-2-3-13(11-16)12-19/h2-8,11,17,20H,9-10H2,1H3/t17-/m0/s1. The molecule has 7 nitrogen and oxygen atoms in total. The maximum Gasteiger partial charge on any atom is 0.245 e. The van der Waals surface area contributed by atoms with E-state index < -0.39 is 16.1 Å². The zero-order valence-electron chi connectivity index (χ0n) is 14.0. The third-order valence-corrected chi connectivity index (χ3v) is 5.63. The van der Waals surface area contributed by atoms with Crippen LogP contribution in [-0.4, -0.2) is 34.0 Å². The number of sulfonamides is 1. The predicted molar refractivity (Wildman–Crippen MR) is 95.2 cm³/mol. The highest BCUT2D eigenvalue weighted by Crippen LogP contribution is 2.25. The van der Waals surface area contributed by atoms with E-state index in [2.05, 4.69) is 4.72 Å². The Kier molecular flexibility index (Phi) is 4.93. The lowest BCUT2D eigenvalue weighted by Crippen LogP contribution is -2.41. The number of benzene rings is 2. The van der Waals surface area contributed by atoms with Gasteiger partial charge in [0.15, 0.2) is 0 Å². The van der Waals surface area contributed by atoms with Gasteiger partial charge in [-0.15, -0.1) is 0 Å². The first-order valence-electron chi connectivity index (χ1n) is 7.92. The van der Waals surface area contributed by atoms with Gasteiger partial charge >= 0.3 is 0 Å². The average Bonchev–Trinajstić information content (AvgIpc) is 3.01. The molecule has 0 aromatic heterocycles. The molecule has 0 radical (unpaired) electrons. The van der Waals surface area contributed by atoms with Crippen LogP contribution < -0.4 is 14.4 Å². The molecule has 0 saturated carbocycles. The van der Waals surface area contributed by atoms with Crippen LogP contribution in [0.15, 0.2) is 53.4 Å². The van der Waals surface area contributed by atoms with Gasteiger partial charge in [0.05, 0.1) is 23.6 Å². The van der Waals surface area contributed by atoms with Gasteiger partial charge < -0.3 is 9.64 Å². The SMILES string of the molecule is COc1ccc(N2CC[C@H](NS(=O)(=O)c3cccc(C#N)c3)C2=O)cc1. The number of carbonyl (C=O) groups is 1. The molecule has 1 N–H and O–H groups in total. The van der Waals surface area contributed by atoms with Crippen LogP contribution in [0.2, 0.25) is 0 Å². The number of hydrogen-bond acceptors (Lipinski definition) is 5. The predicted octanol–water partition coefficient (Wildman–Crippen LogP) is 1.65. The van der Waals surface area contributed by atoms with Gasteiger partial charge in [0.1, 0.15) is 11.8 Å². The molecule has 2 aromatic carbocycles. The molecule has 134 valence electrons. The molecule has 0 unspecified atom stereocenters. The summed E-state index contributed by atoms with van der Waals surface area (Å²) in [5, 5.41) is 8.92. The quantitative estimate of drug-likeness (QED) is 0.861. The van der Waals surface area contributed by atoms with Gasteiger partial charge in [-0.05, 0) is 48.9 Å². The molecule has 26 heavy (non-hydrogen) atoms. The minimum absolute atomic E-state index is 0.0350. The highest BCUT2D eigenvalue weighted by Gasteiger charge is 2.35. The molecule has 1 saturated heterocycles. The second kappa shape index (κ2) is 7.15. The van der Waals surface area contributed by atoms with E-state index in [4.69, 9.17) is 10.00 Å². The zero-order valence-corrected chi connectivity index (χ0v) is 14.9. The van der Waals surface area contributed by atoms with Crippen molar-refractivity contribution in [3.05, 3.63) is 54.1 Å². The lowest BCUT2D eigenvalue weighted by atomic mass is 10.2. The van der Waals surface area contributed by atoms with Crippen LogP contribution in [-0.2, 0) is 14.8 Å². The van der Waals surface area contributed by atoms with Gasteiger partial charge in [0.2, 0.25) is 15.9 Å². The Morgan fingerprint density at radius 1 is 1.23 bits per heavy atom. The van der Waals surface area contributed by atoms with Crippen LogP contribution >= 0.6 is 0 Å². The van der Waals surface area contributed by atoms with Crippen molar-refractivity contribution in [2.24, 2.45) is 0 Å². The van der Waals surface area contributed by atoms with Crippen molar-refractivity contribution in [3.8, 4) is 11.8 Å². The Labute approximate surface area is 151 Å².